The fraction of sp³-hybridized carbons (Fsp3) is 0.467. The van der Waals surface area contributed by atoms with Gasteiger partial charge in [-0.1, -0.05) is 24.3 Å². The molecule has 2 aliphatic heterocycles. The molecule has 3 rings (SSSR count). The Labute approximate surface area is 132 Å². The molecule has 0 radical (unpaired) electrons. The zero-order valence-corrected chi connectivity index (χ0v) is 13.1. The van der Waals surface area contributed by atoms with Crippen LogP contribution >= 0.6 is 23.5 Å². The highest BCUT2D eigenvalue weighted by Crippen LogP contribution is 2.38. The number of rotatable bonds is 3. The third-order valence-electron chi connectivity index (χ3n) is 4.03. The standard InChI is InChI=1S/C15H17NO3S2/c17-13(16-15(14(18)19)6-8-20-9-15)12-11-4-2-1-3-10(11)5-7-21-12/h1-4,12H,5-9H2,(H,16,17)(H,18,19). The summed E-state index contributed by atoms with van der Waals surface area (Å²) in [6.07, 6.45) is 1.46. The van der Waals surface area contributed by atoms with E-state index in [9.17, 15) is 14.7 Å². The lowest BCUT2D eigenvalue weighted by Crippen LogP contribution is -2.55. The van der Waals surface area contributed by atoms with Crippen LogP contribution in [0.1, 0.15) is 22.8 Å². The van der Waals surface area contributed by atoms with Crippen LogP contribution in [0.25, 0.3) is 0 Å². The molecule has 2 unspecified atom stereocenters. The molecule has 2 atom stereocenters. The van der Waals surface area contributed by atoms with E-state index in [1.54, 1.807) is 23.5 Å². The van der Waals surface area contributed by atoms with Crippen LogP contribution in [0.4, 0.5) is 0 Å². The minimum atomic E-state index is -1.09. The molecule has 6 heteroatoms. The third-order valence-corrected chi connectivity index (χ3v) is 6.46. The predicted octanol–water partition coefficient (Wildman–Crippen LogP) is 2.09. The van der Waals surface area contributed by atoms with Crippen molar-refractivity contribution in [2.45, 2.75) is 23.6 Å². The molecule has 0 aliphatic carbocycles. The molecule has 1 fully saturated rings. The monoisotopic (exact) mass is 323 g/mol. The third kappa shape index (κ3) is 2.79. The molecule has 0 saturated carbocycles. The summed E-state index contributed by atoms with van der Waals surface area (Å²) in [7, 11) is 0. The summed E-state index contributed by atoms with van der Waals surface area (Å²) in [5.74, 6) is 1.03. The second kappa shape index (κ2) is 5.93. The maximum absolute atomic E-state index is 12.6. The van der Waals surface area contributed by atoms with Crippen molar-refractivity contribution in [1.29, 1.82) is 0 Å². The Balaban J connectivity index is 1.82. The van der Waals surface area contributed by atoms with Gasteiger partial charge >= 0.3 is 5.97 Å². The second-order valence-corrected chi connectivity index (χ2v) is 7.70. The van der Waals surface area contributed by atoms with Crippen LogP contribution in [0.3, 0.4) is 0 Å². The van der Waals surface area contributed by atoms with Crippen molar-refractivity contribution >= 4 is 35.4 Å². The highest BCUT2D eigenvalue weighted by atomic mass is 32.2. The van der Waals surface area contributed by atoms with Gasteiger partial charge in [0.15, 0.2) is 0 Å². The van der Waals surface area contributed by atoms with Crippen LogP contribution in [0.2, 0.25) is 0 Å². The van der Waals surface area contributed by atoms with Gasteiger partial charge < -0.3 is 10.4 Å². The Kier molecular flexibility index (Phi) is 4.17. The number of aliphatic carboxylic acids is 1. The van der Waals surface area contributed by atoms with Crippen LogP contribution in [0, 0.1) is 0 Å². The van der Waals surface area contributed by atoms with Crippen molar-refractivity contribution in [2.75, 3.05) is 17.3 Å². The lowest BCUT2D eigenvalue weighted by Gasteiger charge is -2.30. The SMILES string of the molecule is O=C(NC1(C(=O)O)CCSC1)C1SCCc2ccccc21. The smallest absolute Gasteiger partial charge is 0.330 e. The predicted molar refractivity (Wildman–Crippen MR) is 85.8 cm³/mol. The molecule has 1 aromatic carbocycles. The molecule has 112 valence electrons. The molecule has 1 amide bonds. The molecule has 0 aromatic heterocycles. The molecule has 2 heterocycles. The molecule has 2 aliphatic rings. The first-order chi connectivity index (χ1) is 10.1. The van der Waals surface area contributed by atoms with Gasteiger partial charge in [0.25, 0.3) is 0 Å². The van der Waals surface area contributed by atoms with Crippen LogP contribution in [-0.2, 0) is 16.0 Å². The number of hydrogen-bond donors (Lipinski definition) is 2. The van der Waals surface area contributed by atoms with Crippen molar-refractivity contribution in [3.05, 3.63) is 35.4 Å². The summed E-state index contributed by atoms with van der Waals surface area (Å²) in [4.78, 5) is 24.2. The molecule has 2 N–H and O–H groups in total. The highest BCUT2D eigenvalue weighted by Gasteiger charge is 2.44. The summed E-state index contributed by atoms with van der Waals surface area (Å²) < 4.78 is 0. The minimum Gasteiger partial charge on any atom is -0.479 e. The highest BCUT2D eigenvalue weighted by molar-refractivity contribution is 8.00. The number of fused-ring (bicyclic) bond motifs is 1. The number of carbonyl (C=O) groups is 2. The molecule has 4 nitrogen and oxygen atoms in total. The zero-order chi connectivity index (χ0) is 14.9. The summed E-state index contributed by atoms with van der Waals surface area (Å²) in [6.45, 7) is 0. The van der Waals surface area contributed by atoms with Gasteiger partial charge in [0.1, 0.15) is 10.8 Å². The van der Waals surface area contributed by atoms with Gasteiger partial charge in [-0.2, -0.15) is 11.8 Å². The Hall–Kier alpha value is -1.14. The largest absolute Gasteiger partial charge is 0.479 e. The maximum atomic E-state index is 12.6. The van der Waals surface area contributed by atoms with Crippen LogP contribution in [0.15, 0.2) is 24.3 Å². The van der Waals surface area contributed by atoms with E-state index in [1.807, 2.05) is 24.3 Å². The lowest BCUT2D eigenvalue weighted by molar-refractivity contribution is -0.146. The number of nitrogens with one attached hydrogen (secondary N) is 1. The van der Waals surface area contributed by atoms with Crippen molar-refractivity contribution < 1.29 is 14.7 Å². The molecule has 0 spiro atoms. The van der Waals surface area contributed by atoms with E-state index in [0.29, 0.717) is 12.2 Å². The summed E-state index contributed by atoms with van der Waals surface area (Å²) in [5, 5.41) is 12.0. The van der Waals surface area contributed by atoms with Crippen molar-refractivity contribution in [3.63, 3.8) is 0 Å². The van der Waals surface area contributed by atoms with Crippen molar-refractivity contribution in [3.8, 4) is 0 Å². The number of carboxylic acid groups (broad SMARTS) is 1. The molecule has 0 bridgehead atoms. The maximum Gasteiger partial charge on any atom is 0.330 e. The average molecular weight is 323 g/mol. The number of amides is 1. The molecule has 1 saturated heterocycles. The van der Waals surface area contributed by atoms with Gasteiger partial charge in [0.2, 0.25) is 5.91 Å². The summed E-state index contributed by atoms with van der Waals surface area (Å²) in [6, 6.07) is 7.94. The summed E-state index contributed by atoms with van der Waals surface area (Å²) >= 11 is 3.18. The molecule has 21 heavy (non-hydrogen) atoms. The number of carbonyl (C=O) groups excluding carboxylic acids is 1. The van der Waals surface area contributed by atoms with E-state index < -0.39 is 11.5 Å². The number of benzene rings is 1. The first-order valence-corrected chi connectivity index (χ1v) is 9.15. The molecule has 1 aromatic rings. The Morgan fingerprint density at radius 1 is 1.29 bits per heavy atom. The van der Waals surface area contributed by atoms with Crippen molar-refractivity contribution in [2.24, 2.45) is 0 Å². The van der Waals surface area contributed by atoms with E-state index >= 15 is 0 Å². The first-order valence-electron chi connectivity index (χ1n) is 6.95. The van der Waals surface area contributed by atoms with Gasteiger partial charge in [-0.05, 0) is 35.5 Å². The normalized spacial score (nSPS) is 27.9. The Morgan fingerprint density at radius 2 is 2.10 bits per heavy atom. The number of thioether (sulfide) groups is 2. The lowest BCUT2D eigenvalue weighted by atomic mass is 9.97. The quantitative estimate of drug-likeness (QED) is 0.892. The van der Waals surface area contributed by atoms with E-state index in [4.69, 9.17) is 0 Å². The fourth-order valence-electron chi connectivity index (χ4n) is 2.80. The molecular formula is C15H17NO3S2. The van der Waals surface area contributed by atoms with Crippen LogP contribution in [0.5, 0.6) is 0 Å². The number of hydrogen-bond acceptors (Lipinski definition) is 4. The zero-order valence-electron chi connectivity index (χ0n) is 11.5. The first kappa shape index (κ1) is 14.8. The minimum absolute atomic E-state index is 0.169. The fourth-order valence-corrected chi connectivity index (χ4v) is 5.32. The van der Waals surface area contributed by atoms with Crippen LogP contribution < -0.4 is 5.32 Å². The van der Waals surface area contributed by atoms with Gasteiger partial charge in [0.05, 0.1) is 0 Å². The summed E-state index contributed by atoms with van der Waals surface area (Å²) in [5.41, 5.74) is 1.13. The van der Waals surface area contributed by atoms with E-state index in [-0.39, 0.29) is 11.2 Å². The topological polar surface area (TPSA) is 66.4 Å². The Bertz CT molecular complexity index is 570. The van der Waals surface area contributed by atoms with Gasteiger partial charge in [-0.25, -0.2) is 4.79 Å². The van der Waals surface area contributed by atoms with Crippen LogP contribution in [-0.4, -0.2) is 39.8 Å². The average Bonchev–Trinajstić information content (AvgIpc) is 2.96. The van der Waals surface area contributed by atoms with E-state index in [0.717, 1.165) is 23.5 Å². The van der Waals surface area contributed by atoms with E-state index in [1.165, 1.54) is 5.56 Å². The number of carboxylic acids is 1. The second-order valence-electron chi connectivity index (χ2n) is 5.38. The van der Waals surface area contributed by atoms with Gasteiger partial charge in [-0.15, -0.1) is 11.8 Å². The van der Waals surface area contributed by atoms with E-state index in [2.05, 4.69) is 5.32 Å². The van der Waals surface area contributed by atoms with Crippen molar-refractivity contribution in [1.82, 2.24) is 5.32 Å². The van der Waals surface area contributed by atoms with Gasteiger partial charge in [-0.3, -0.25) is 4.79 Å². The number of aryl methyl sites for hydroxylation is 1. The molecular weight excluding hydrogens is 306 g/mol. The Morgan fingerprint density at radius 3 is 2.81 bits per heavy atom. The van der Waals surface area contributed by atoms with Gasteiger partial charge in [0, 0.05) is 5.75 Å².